The van der Waals surface area contributed by atoms with Crippen LogP contribution in [0.2, 0.25) is 0 Å². The van der Waals surface area contributed by atoms with E-state index in [1.165, 1.54) is 11.1 Å². The van der Waals surface area contributed by atoms with Gasteiger partial charge >= 0.3 is 0 Å². The van der Waals surface area contributed by atoms with E-state index in [1.807, 2.05) is 20.0 Å². The van der Waals surface area contributed by atoms with E-state index in [4.69, 9.17) is 9.47 Å². The van der Waals surface area contributed by atoms with Crippen LogP contribution in [0.1, 0.15) is 36.9 Å². The van der Waals surface area contributed by atoms with E-state index in [-0.39, 0.29) is 0 Å². The van der Waals surface area contributed by atoms with Crippen molar-refractivity contribution in [2.75, 3.05) is 27.4 Å². The molecule has 18 heavy (non-hydrogen) atoms. The number of benzene rings is 1. The van der Waals surface area contributed by atoms with Gasteiger partial charge in [-0.1, -0.05) is 6.07 Å². The molecule has 0 saturated heterocycles. The third-order valence-corrected chi connectivity index (χ3v) is 3.19. The average Bonchev–Trinajstić information content (AvgIpc) is 2.39. The Balaban J connectivity index is 2.63. The first-order valence-electron chi connectivity index (χ1n) is 6.62. The second-order valence-corrected chi connectivity index (χ2v) is 4.40. The highest BCUT2D eigenvalue weighted by atomic mass is 16.5. The van der Waals surface area contributed by atoms with Gasteiger partial charge in [0.2, 0.25) is 0 Å². The minimum Gasteiger partial charge on any atom is -0.497 e. The predicted octanol–water partition coefficient (Wildman–Crippen LogP) is 3.08. The van der Waals surface area contributed by atoms with Gasteiger partial charge < -0.3 is 14.8 Å². The lowest BCUT2D eigenvalue weighted by atomic mass is 9.97. The molecule has 0 spiro atoms. The summed E-state index contributed by atoms with van der Waals surface area (Å²) >= 11 is 0. The lowest BCUT2D eigenvalue weighted by Crippen LogP contribution is -2.18. The molecule has 1 unspecified atom stereocenters. The predicted molar refractivity (Wildman–Crippen MR) is 75.3 cm³/mol. The van der Waals surface area contributed by atoms with Crippen molar-refractivity contribution in [1.29, 1.82) is 0 Å². The van der Waals surface area contributed by atoms with Crippen molar-refractivity contribution in [3.63, 3.8) is 0 Å². The van der Waals surface area contributed by atoms with E-state index in [1.54, 1.807) is 7.11 Å². The molecule has 3 heteroatoms. The molecule has 1 rings (SSSR count). The number of rotatable bonds is 8. The van der Waals surface area contributed by atoms with Crippen molar-refractivity contribution < 1.29 is 9.47 Å². The Morgan fingerprint density at radius 1 is 1.33 bits per heavy atom. The van der Waals surface area contributed by atoms with Crippen molar-refractivity contribution in [3.05, 3.63) is 29.3 Å². The molecule has 1 N–H and O–H groups in total. The number of hydrogen-bond donors (Lipinski definition) is 1. The Labute approximate surface area is 110 Å². The van der Waals surface area contributed by atoms with E-state index in [0.29, 0.717) is 6.04 Å². The largest absolute Gasteiger partial charge is 0.497 e. The topological polar surface area (TPSA) is 30.5 Å². The molecule has 1 aromatic rings. The Morgan fingerprint density at radius 3 is 2.67 bits per heavy atom. The minimum atomic E-state index is 0.386. The van der Waals surface area contributed by atoms with Crippen LogP contribution in [0.15, 0.2) is 18.2 Å². The van der Waals surface area contributed by atoms with E-state index >= 15 is 0 Å². The molecular weight excluding hydrogens is 226 g/mol. The lowest BCUT2D eigenvalue weighted by molar-refractivity contribution is 0.141. The monoisotopic (exact) mass is 251 g/mol. The Morgan fingerprint density at radius 2 is 2.11 bits per heavy atom. The third kappa shape index (κ3) is 4.31. The number of aryl methyl sites for hydroxylation is 1. The number of nitrogens with one attached hydrogen (secondary N) is 1. The van der Waals surface area contributed by atoms with Crippen LogP contribution >= 0.6 is 0 Å². The van der Waals surface area contributed by atoms with Crippen molar-refractivity contribution in [1.82, 2.24) is 5.32 Å². The van der Waals surface area contributed by atoms with E-state index < -0.39 is 0 Å². The molecule has 0 aliphatic heterocycles. The summed E-state index contributed by atoms with van der Waals surface area (Å²) in [6.07, 6.45) is 2.16. The Hall–Kier alpha value is -1.06. The summed E-state index contributed by atoms with van der Waals surface area (Å²) in [7, 11) is 3.71. The Kier molecular flexibility index (Phi) is 6.76. The third-order valence-electron chi connectivity index (χ3n) is 3.19. The molecule has 0 aliphatic carbocycles. The summed E-state index contributed by atoms with van der Waals surface area (Å²) in [6, 6.07) is 6.64. The molecule has 0 saturated carbocycles. The van der Waals surface area contributed by atoms with E-state index in [0.717, 1.165) is 31.8 Å². The zero-order chi connectivity index (χ0) is 13.4. The molecule has 0 aromatic heterocycles. The molecule has 0 aliphatic rings. The lowest BCUT2D eigenvalue weighted by Gasteiger charge is -2.19. The van der Waals surface area contributed by atoms with Gasteiger partial charge in [0, 0.05) is 19.3 Å². The van der Waals surface area contributed by atoms with Crippen LogP contribution in [0.5, 0.6) is 5.75 Å². The summed E-state index contributed by atoms with van der Waals surface area (Å²) in [6.45, 7) is 5.80. The van der Waals surface area contributed by atoms with Gasteiger partial charge in [0.15, 0.2) is 0 Å². The van der Waals surface area contributed by atoms with Crippen LogP contribution in [-0.2, 0) is 4.74 Å². The molecule has 1 atom stereocenters. The van der Waals surface area contributed by atoms with Gasteiger partial charge in [-0.2, -0.15) is 0 Å². The van der Waals surface area contributed by atoms with Gasteiger partial charge in [-0.15, -0.1) is 0 Å². The molecule has 0 fully saturated rings. The molecule has 3 nitrogen and oxygen atoms in total. The highest BCUT2D eigenvalue weighted by molar-refractivity contribution is 5.36. The first-order valence-corrected chi connectivity index (χ1v) is 6.62. The molecular formula is C15H25NO2. The second kappa shape index (κ2) is 8.11. The summed E-state index contributed by atoms with van der Waals surface area (Å²) < 4.78 is 10.6. The fraction of sp³-hybridized carbons (Fsp3) is 0.600. The summed E-state index contributed by atoms with van der Waals surface area (Å²) in [5.74, 6) is 0.917. The Bertz CT molecular complexity index is 352. The van der Waals surface area contributed by atoms with Gasteiger partial charge in [-0.3, -0.25) is 0 Å². The maximum Gasteiger partial charge on any atom is 0.119 e. The smallest absolute Gasteiger partial charge is 0.119 e. The first kappa shape index (κ1) is 15.0. The summed E-state index contributed by atoms with van der Waals surface area (Å²) in [5, 5.41) is 3.38. The molecule has 0 amide bonds. The second-order valence-electron chi connectivity index (χ2n) is 4.40. The average molecular weight is 251 g/mol. The van der Waals surface area contributed by atoms with Gasteiger partial charge in [0.1, 0.15) is 5.75 Å². The van der Waals surface area contributed by atoms with Crippen molar-refractivity contribution >= 4 is 0 Å². The van der Waals surface area contributed by atoms with Crippen LogP contribution in [-0.4, -0.2) is 27.4 Å². The number of ether oxygens (including phenoxy) is 2. The quantitative estimate of drug-likeness (QED) is 0.720. The van der Waals surface area contributed by atoms with Crippen LogP contribution in [0.25, 0.3) is 0 Å². The van der Waals surface area contributed by atoms with Gasteiger partial charge in [0.05, 0.1) is 7.11 Å². The van der Waals surface area contributed by atoms with Gasteiger partial charge in [-0.05, 0) is 57.0 Å². The fourth-order valence-corrected chi connectivity index (χ4v) is 2.16. The number of hydrogen-bond acceptors (Lipinski definition) is 3. The molecule has 0 bridgehead atoms. The van der Waals surface area contributed by atoms with Crippen molar-refractivity contribution in [2.24, 2.45) is 0 Å². The van der Waals surface area contributed by atoms with Gasteiger partial charge in [-0.25, -0.2) is 0 Å². The van der Waals surface area contributed by atoms with E-state index in [9.17, 15) is 0 Å². The zero-order valence-corrected chi connectivity index (χ0v) is 12.0. The van der Waals surface area contributed by atoms with E-state index in [2.05, 4.69) is 24.4 Å². The highest BCUT2D eigenvalue weighted by Gasteiger charge is 2.11. The van der Waals surface area contributed by atoms with Crippen molar-refractivity contribution in [3.8, 4) is 5.75 Å². The first-order chi connectivity index (χ1) is 8.72. The fourth-order valence-electron chi connectivity index (χ4n) is 2.16. The van der Waals surface area contributed by atoms with Crippen LogP contribution < -0.4 is 10.1 Å². The SMILES string of the molecule is CCOCCCC(NC)c1ccc(OC)cc1C. The van der Waals surface area contributed by atoms with Crippen LogP contribution in [0.3, 0.4) is 0 Å². The molecule has 0 radical (unpaired) electrons. The summed E-state index contributed by atoms with van der Waals surface area (Å²) in [5.41, 5.74) is 2.61. The van der Waals surface area contributed by atoms with Crippen molar-refractivity contribution in [2.45, 2.75) is 32.7 Å². The maximum atomic E-state index is 5.38. The zero-order valence-electron chi connectivity index (χ0n) is 12.0. The van der Waals surface area contributed by atoms with Gasteiger partial charge in [0.25, 0.3) is 0 Å². The number of methoxy groups -OCH3 is 1. The summed E-state index contributed by atoms with van der Waals surface area (Å²) in [4.78, 5) is 0. The minimum absolute atomic E-state index is 0.386. The standard InChI is InChI=1S/C15H25NO2/c1-5-18-10-6-7-15(16-3)14-9-8-13(17-4)11-12(14)2/h8-9,11,15-16H,5-7,10H2,1-4H3. The maximum absolute atomic E-state index is 5.38. The van der Waals surface area contributed by atoms with Crippen LogP contribution in [0.4, 0.5) is 0 Å². The highest BCUT2D eigenvalue weighted by Crippen LogP contribution is 2.25. The molecule has 0 heterocycles. The normalized spacial score (nSPS) is 12.4. The molecule has 102 valence electrons. The molecule has 1 aromatic carbocycles. The van der Waals surface area contributed by atoms with Crippen LogP contribution in [0, 0.1) is 6.92 Å².